The lowest BCUT2D eigenvalue weighted by Crippen LogP contribution is -2.45. The molecule has 1 saturated heterocycles. The third-order valence-corrected chi connectivity index (χ3v) is 4.67. The molecule has 3 N–H and O–H groups in total. The minimum absolute atomic E-state index is 0.654. The van der Waals surface area contributed by atoms with Crippen LogP contribution in [0.4, 0.5) is 23.1 Å². The van der Waals surface area contributed by atoms with E-state index in [4.69, 9.17) is 10.7 Å². The summed E-state index contributed by atoms with van der Waals surface area (Å²) in [6, 6.07) is 5.75. The van der Waals surface area contributed by atoms with Crippen LogP contribution in [0.1, 0.15) is 5.56 Å². The minimum Gasteiger partial charge on any atom is -0.399 e. The van der Waals surface area contributed by atoms with Crippen LogP contribution >= 0.6 is 0 Å². The number of aromatic nitrogens is 4. The molecule has 3 aromatic rings. The van der Waals surface area contributed by atoms with Crippen LogP contribution in [0.25, 0.3) is 11.0 Å². The summed E-state index contributed by atoms with van der Waals surface area (Å²) in [7, 11) is 2.13. The van der Waals surface area contributed by atoms with E-state index in [1.165, 1.54) is 6.33 Å². The average molecular weight is 350 g/mol. The Morgan fingerprint density at radius 2 is 1.88 bits per heavy atom. The van der Waals surface area contributed by atoms with Crippen molar-refractivity contribution in [3.63, 3.8) is 0 Å². The number of nitrogen functional groups attached to an aromatic ring is 1. The van der Waals surface area contributed by atoms with Crippen molar-refractivity contribution in [2.45, 2.75) is 6.92 Å². The maximum absolute atomic E-state index is 5.92. The lowest BCUT2D eigenvalue weighted by atomic mass is 10.2. The quantitative estimate of drug-likeness (QED) is 0.691. The van der Waals surface area contributed by atoms with E-state index in [0.717, 1.165) is 37.4 Å². The van der Waals surface area contributed by atoms with Crippen molar-refractivity contribution in [2.75, 3.05) is 49.2 Å². The number of hydrogen-bond acceptors (Lipinski definition) is 8. The van der Waals surface area contributed by atoms with E-state index in [0.29, 0.717) is 28.5 Å². The molecule has 3 heterocycles. The van der Waals surface area contributed by atoms with Crippen LogP contribution < -0.4 is 16.0 Å². The molecule has 0 unspecified atom stereocenters. The van der Waals surface area contributed by atoms with Crippen LogP contribution in [0.3, 0.4) is 0 Å². The molecule has 0 atom stereocenters. The first-order chi connectivity index (χ1) is 12.6. The fourth-order valence-electron chi connectivity index (χ4n) is 3.00. The van der Waals surface area contributed by atoms with Crippen molar-refractivity contribution in [3.8, 4) is 0 Å². The van der Waals surface area contributed by atoms with Gasteiger partial charge in [0.2, 0.25) is 5.95 Å². The highest BCUT2D eigenvalue weighted by atomic mass is 15.3. The van der Waals surface area contributed by atoms with Gasteiger partial charge in [0.05, 0.1) is 6.20 Å². The Kier molecular flexibility index (Phi) is 4.26. The number of aryl methyl sites for hydroxylation is 1. The summed E-state index contributed by atoms with van der Waals surface area (Å²) in [5.74, 6) is 1.37. The first kappa shape index (κ1) is 16.5. The number of hydrogen-bond donors (Lipinski definition) is 2. The molecule has 2 aromatic heterocycles. The highest BCUT2D eigenvalue weighted by molar-refractivity contribution is 5.87. The number of piperazine rings is 1. The zero-order valence-corrected chi connectivity index (χ0v) is 15.0. The first-order valence-electron chi connectivity index (χ1n) is 8.64. The molecule has 1 aliphatic rings. The van der Waals surface area contributed by atoms with E-state index in [-0.39, 0.29) is 0 Å². The van der Waals surface area contributed by atoms with Gasteiger partial charge in [-0.3, -0.25) is 0 Å². The summed E-state index contributed by atoms with van der Waals surface area (Å²) < 4.78 is 0. The lowest BCUT2D eigenvalue weighted by Gasteiger charge is -2.32. The number of anilines is 4. The predicted octanol–water partition coefficient (Wildman–Crippen LogP) is 1.81. The molecule has 0 bridgehead atoms. The summed E-state index contributed by atoms with van der Waals surface area (Å²) in [5, 5.41) is 3.35. The van der Waals surface area contributed by atoms with E-state index in [9.17, 15) is 0 Å². The molecular formula is C18H22N8. The molecule has 1 aromatic carbocycles. The summed E-state index contributed by atoms with van der Waals surface area (Å²) in [5.41, 5.74) is 10.0. The third-order valence-electron chi connectivity index (χ3n) is 4.67. The van der Waals surface area contributed by atoms with Gasteiger partial charge in [-0.1, -0.05) is 6.07 Å². The van der Waals surface area contributed by atoms with E-state index < -0.39 is 0 Å². The molecule has 8 heteroatoms. The molecule has 1 fully saturated rings. The Bertz CT molecular complexity index is 934. The second kappa shape index (κ2) is 6.72. The van der Waals surface area contributed by atoms with Crippen molar-refractivity contribution in [3.05, 3.63) is 36.3 Å². The smallest absolute Gasteiger partial charge is 0.226 e. The number of nitrogens with one attached hydrogen (secondary N) is 1. The van der Waals surface area contributed by atoms with Gasteiger partial charge in [-0.15, -0.1) is 0 Å². The van der Waals surface area contributed by atoms with E-state index in [2.05, 4.69) is 37.1 Å². The highest BCUT2D eigenvalue weighted by Gasteiger charge is 2.18. The molecule has 0 amide bonds. The van der Waals surface area contributed by atoms with Gasteiger partial charge in [-0.2, -0.15) is 0 Å². The minimum atomic E-state index is 0.654. The van der Waals surface area contributed by atoms with Gasteiger partial charge in [-0.25, -0.2) is 19.9 Å². The van der Waals surface area contributed by atoms with Crippen LogP contribution in [0.15, 0.2) is 30.7 Å². The Labute approximate surface area is 152 Å². The van der Waals surface area contributed by atoms with E-state index >= 15 is 0 Å². The maximum atomic E-state index is 5.92. The van der Waals surface area contributed by atoms with Gasteiger partial charge in [0, 0.05) is 37.6 Å². The molecule has 0 aliphatic carbocycles. The van der Waals surface area contributed by atoms with Crippen LogP contribution in [-0.4, -0.2) is 58.1 Å². The van der Waals surface area contributed by atoms with Gasteiger partial charge < -0.3 is 20.9 Å². The fraction of sp³-hybridized carbons (Fsp3) is 0.333. The second-order valence-electron chi connectivity index (χ2n) is 6.62. The zero-order chi connectivity index (χ0) is 18.1. The van der Waals surface area contributed by atoms with Crippen molar-refractivity contribution in [1.29, 1.82) is 0 Å². The Morgan fingerprint density at radius 3 is 2.69 bits per heavy atom. The molecule has 1 aliphatic heterocycles. The Hall–Kier alpha value is -3.00. The van der Waals surface area contributed by atoms with Crippen molar-refractivity contribution in [2.24, 2.45) is 0 Å². The second-order valence-corrected chi connectivity index (χ2v) is 6.62. The van der Waals surface area contributed by atoms with Crippen molar-refractivity contribution in [1.82, 2.24) is 24.8 Å². The molecule has 4 rings (SSSR count). The largest absolute Gasteiger partial charge is 0.399 e. The van der Waals surface area contributed by atoms with Crippen molar-refractivity contribution < 1.29 is 0 Å². The van der Waals surface area contributed by atoms with Gasteiger partial charge in [0.25, 0.3) is 0 Å². The molecular weight excluding hydrogens is 328 g/mol. The number of nitrogens with two attached hydrogens (primary N) is 1. The Morgan fingerprint density at radius 1 is 1.08 bits per heavy atom. The molecule has 8 nitrogen and oxygen atoms in total. The summed E-state index contributed by atoms with van der Waals surface area (Å²) >= 11 is 0. The molecule has 0 spiro atoms. The fourth-order valence-corrected chi connectivity index (χ4v) is 3.00. The molecule has 0 saturated carbocycles. The summed E-state index contributed by atoms with van der Waals surface area (Å²) in [6.07, 6.45) is 3.28. The number of fused-ring (bicyclic) bond motifs is 1. The number of likely N-dealkylation sites (N-methyl/N-ethyl adjacent to an activating group) is 1. The Balaban J connectivity index is 1.70. The summed E-state index contributed by atoms with van der Waals surface area (Å²) in [4.78, 5) is 22.4. The van der Waals surface area contributed by atoms with Crippen LogP contribution in [0.5, 0.6) is 0 Å². The van der Waals surface area contributed by atoms with Gasteiger partial charge in [-0.05, 0) is 31.7 Å². The first-order valence-corrected chi connectivity index (χ1v) is 8.64. The van der Waals surface area contributed by atoms with E-state index in [1.54, 1.807) is 6.20 Å². The molecule has 26 heavy (non-hydrogen) atoms. The monoisotopic (exact) mass is 350 g/mol. The number of benzene rings is 1. The third kappa shape index (κ3) is 3.23. The van der Waals surface area contributed by atoms with Gasteiger partial charge >= 0.3 is 0 Å². The van der Waals surface area contributed by atoms with Crippen molar-refractivity contribution >= 4 is 34.2 Å². The van der Waals surface area contributed by atoms with E-state index in [1.807, 2.05) is 25.1 Å². The number of rotatable bonds is 3. The molecule has 134 valence electrons. The SMILES string of the molecule is Cc1ccc(N)cc1Nc1ncnc2cnc(N3CCN(C)CC3)nc12. The summed E-state index contributed by atoms with van der Waals surface area (Å²) in [6.45, 7) is 5.84. The standard InChI is InChI=1S/C18H22N8/c1-12-3-4-13(19)9-14(12)23-17-16-15(21-11-22-17)10-20-18(24-16)26-7-5-25(2)6-8-26/h3-4,9-11H,5-8,19H2,1-2H3,(H,21,22,23). The van der Waals surface area contributed by atoms with Crippen LogP contribution in [0.2, 0.25) is 0 Å². The maximum Gasteiger partial charge on any atom is 0.226 e. The topological polar surface area (TPSA) is 96.1 Å². The zero-order valence-electron chi connectivity index (χ0n) is 15.0. The average Bonchev–Trinajstić information content (AvgIpc) is 2.65. The lowest BCUT2D eigenvalue weighted by molar-refractivity contribution is 0.311. The highest BCUT2D eigenvalue weighted by Crippen LogP contribution is 2.26. The number of nitrogens with zero attached hydrogens (tertiary/aromatic N) is 6. The van der Waals surface area contributed by atoms with Gasteiger partial charge in [0.15, 0.2) is 5.82 Å². The molecule has 0 radical (unpaired) electrons. The normalized spacial score (nSPS) is 15.4. The predicted molar refractivity (Wildman–Crippen MR) is 104 cm³/mol. The van der Waals surface area contributed by atoms with Crippen LogP contribution in [0, 0.1) is 6.92 Å². The van der Waals surface area contributed by atoms with Crippen LogP contribution in [-0.2, 0) is 0 Å². The van der Waals surface area contributed by atoms with Gasteiger partial charge in [0.1, 0.15) is 17.4 Å².